The molecule has 2 nitrogen and oxygen atoms in total. The molecule has 0 spiro atoms. The average Bonchev–Trinajstić information content (AvgIpc) is 2.22. The maximum Gasteiger partial charge on any atom is 0.206 e. The van der Waals surface area contributed by atoms with Gasteiger partial charge in [-0.3, -0.25) is 9.59 Å². The Balaban J connectivity index is 3.22. The van der Waals surface area contributed by atoms with Crippen LogP contribution in [0.3, 0.4) is 0 Å². The first-order valence-corrected chi connectivity index (χ1v) is 5.83. The number of hydrogen-bond acceptors (Lipinski definition) is 2. The highest BCUT2D eigenvalue weighted by atomic mass is 16.1. The molecule has 0 aliphatic rings. The molecule has 0 amide bonds. The van der Waals surface area contributed by atoms with Gasteiger partial charge in [-0.05, 0) is 25.7 Å². The molecule has 0 aromatic heterocycles. The Bertz CT molecular complexity index is 195. The summed E-state index contributed by atoms with van der Waals surface area (Å²) in [4.78, 5) is 20.8. The van der Waals surface area contributed by atoms with E-state index in [9.17, 15) is 9.59 Å². The van der Waals surface area contributed by atoms with Gasteiger partial charge in [0.2, 0.25) is 6.29 Å². The molecule has 0 bridgehead atoms. The molecule has 85 valence electrons. The van der Waals surface area contributed by atoms with Crippen LogP contribution in [0.4, 0.5) is 0 Å². The predicted molar refractivity (Wildman–Crippen MR) is 62.5 cm³/mol. The van der Waals surface area contributed by atoms with Gasteiger partial charge in [0.05, 0.1) is 6.42 Å². The first-order valence-electron chi connectivity index (χ1n) is 5.83. The quantitative estimate of drug-likeness (QED) is 0.314. The lowest BCUT2D eigenvalue weighted by atomic mass is 10.1. The second-order valence-corrected chi connectivity index (χ2v) is 3.72. The highest BCUT2D eigenvalue weighted by Crippen LogP contribution is 2.03. The van der Waals surface area contributed by atoms with Crippen LogP contribution in [0.2, 0.25) is 0 Å². The minimum absolute atomic E-state index is 0.00406. The van der Waals surface area contributed by atoms with E-state index in [0.29, 0.717) is 6.42 Å². The number of Topliss-reactive ketones (excluding diaryl/α,β-unsaturated/α-hetero) is 1. The Morgan fingerprint density at radius 1 is 1.13 bits per heavy atom. The van der Waals surface area contributed by atoms with E-state index in [1.54, 1.807) is 6.29 Å². The average molecular weight is 209 g/mol. The van der Waals surface area contributed by atoms with E-state index < -0.39 is 0 Å². The Kier molecular flexibility index (Phi) is 10.5. The lowest BCUT2D eigenvalue weighted by Gasteiger charge is -1.94. The molecule has 0 fully saturated rings. The molecule has 0 aliphatic heterocycles. The molecule has 0 unspecified atom stereocenters. The standard InChI is InChI=1S/C13H21O2/c1-2-3-4-5-6-7-8-9-10-13(15)11-12-14/h6-7H,2-5,8-11H2,1H3. The van der Waals surface area contributed by atoms with Crippen LogP contribution in [0, 0.1) is 0 Å². The van der Waals surface area contributed by atoms with Crippen molar-refractivity contribution in [3.05, 3.63) is 12.2 Å². The van der Waals surface area contributed by atoms with E-state index in [2.05, 4.69) is 19.1 Å². The zero-order valence-electron chi connectivity index (χ0n) is 9.63. The van der Waals surface area contributed by atoms with E-state index in [-0.39, 0.29) is 12.2 Å². The third-order valence-electron chi connectivity index (χ3n) is 2.24. The summed E-state index contributed by atoms with van der Waals surface area (Å²) in [5.74, 6) is 0.00406. The Morgan fingerprint density at radius 2 is 1.80 bits per heavy atom. The lowest BCUT2D eigenvalue weighted by molar-refractivity contribution is -0.118. The Hall–Kier alpha value is -0.920. The maximum absolute atomic E-state index is 10.9. The number of allylic oxidation sites excluding steroid dienone is 2. The van der Waals surface area contributed by atoms with Gasteiger partial charge in [-0.25, -0.2) is 0 Å². The van der Waals surface area contributed by atoms with Crippen LogP contribution in [0.15, 0.2) is 12.2 Å². The molecule has 0 aliphatic carbocycles. The normalized spacial score (nSPS) is 10.7. The van der Waals surface area contributed by atoms with Crippen LogP contribution < -0.4 is 0 Å². The van der Waals surface area contributed by atoms with Crippen LogP contribution in [0.1, 0.15) is 58.3 Å². The van der Waals surface area contributed by atoms with E-state index >= 15 is 0 Å². The van der Waals surface area contributed by atoms with Crippen LogP contribution in [-0.4, -0.2) is 12.1 Å². The highest BCUT2D eigenvalue weighted by molar-refractivity contribution is 5.89. The number of hydrogen-bond donors (Lipinski definition) is 0. The van der Waals surface area contributed by atoms with Crippen molar-refractivity contribution >= 4 is 12.1 Å². The highest BCUT2D eigenvalue weighted by Gasteiger charge is 1.98. The second kappa shape index (κ2) is 11.2. The van der Waals surface area contributed by atoms with Crippen molar-refractivity contribution in [2.45, 2.75) is 58.3 Å². The van der Waals surface area contributed by atoms with Crippen molar-refractivity contribution in [2.75, 3.05) is 0 Å². The molecule has 0 saturated heterocycles. The summed E-state index contributed by atoms with van der Waals surface area (Å²) in [5.41, 5.74) is 0. The molecule has 0 saturated carbocycles. The SMILES string of the molecule is CCCCCC=CCCCC(=O)C[C]=O. The monoisotopic (exact) mass is 209 g/mol. The fourth-order valence-corrected chi connectivity index (χ4v) is 1.33. The van der Waals surface area contributed by atoms with Crippen LogP contribution in [0.25, 0.3) is 0 Å². The van der Waals surface area contributed by atoms with E-state index in [1.165, 1.54) is 19.3 Å². The van der Waals surface area contributed by atoms with Gasteiger partial charge >= 0.3 is 0 Å². The summed E-state index contributed by atoms with van der Waals surface area (Å²) in [6.45, 7) is 2.19. The summed E-state index contributed by atoms with van der Waals surface area (Å²) in [6, 6.07) is 0. The van der Waals surface area contributed by atoms with Crippen molar-refractivity contribution < 1.29 is 9.59 Å². The first kappa shape index (κ1) is 14.1. The maximum atomic E-state index is 10.9. The van der Waals surface area contributed by atoms with Gasteiger partial charge in [-0.15, -0.1) is 0 Å². The van der Waals surface area contributed by atoms with Gasteiger partial charge in [0.25, 0.3) is 0 Å². The summed E-state index contributed by atoms with van der Waals surface area (Å²) < 4.78 is 0. The van der Waals surface area contributed by atoms with Crippen molar-refractivity contribution in [3.8, 4) is 0 Å². The number of rotatable bonds is 10. The molecule has 0 rings (SSSR count). The molecule has 0 aromatic carbocycles. The molecular formula is C13H21O2. The number of carbonyl (C=O) groups excluding carboxylic acids is 2. The minimum Gasteiger partial charge on any atom is -0.299 e. The fourth-order valence-electron chi connectivity index (χ4n) is 1.33. The zero-order valence-corrected chi connectivity index (χ0v) is 9.63. The largest absolute Gasteiger partial charge is 0.299 e. The van der Waals surface area contributed by atoms with Gasteiger partial charge in [0, 0.05) is 6.42 Å². The summed E-state index contributed by atoms with van der Waals surface area (Å²) in [7, 11) is 0. The molecule has 1 radical (unpaired) electrons. The summed E-state index contributed by atoms with van der Waals surface area (Å²) >= 11 is 0. The Labute approximate surface area is 92.8 Å². The van der Waals surface area contributed by atoms with Crippen LogP contribution in [-0.2, 0) is 9.59 Å². The first-order chi connectivity index (χ1) is 7.31. The van der Waals surface area contributed by atoms with Crippen molar-refractivity contribution in [3.63, 3.8) is 0 Å². The van der Waals surface area contributed by atoms with E-state index in [4.69, 9.17) is 0 Å². The third-order valence-corrected chi connectivity index (χ3v) is 2.24. The van der Waals surface area contributed by atoms with Gasteiger partial charge in [-0.1, -0.05) is 31.9 Å². The molecule has 2 heteroatoms. The van der Waals surface area contributed by atoms with Crippen LogP contribution in [0.5, 0.6) is 0 Å². The van der Waals surface area contributed by atoms with Gasteiger partial charge < -0.3 is 0 Å². The van der Waals surface area contributed by atoms with E-state index in [0.717, 1.165) is 19.3 Å². The van der Waals surface area contributed by atoms with E-state index in [1.807, 2.05) is 0 Å². The van der Waals surface area contributed by atoms with Gasteiger partial charge in [0.15, 0.2) is 0 Å². The minimum atomic E-state index is -0.0415. The van der Waals surface area contributed by atoms with Gasteiger partial charge in [0.1, 0.15) is 5.78 Å². The summed E-state index contributed by atoms with van der Waals surface area (Å²) in [5, 5.41) is 0. The second-order valence-electron chi connectivity index (χ2n) is 3.72. The summed E-state index contributed by atoms with van der Waals surface area (Å²) in [6.07, 6.45) is 13.1. The third kappa shape index (κ3) is 11.0. The van der Waals surface area contributed by atoms with Crippen molar-refractivity contribution in [2.24, 2.45) is 0 Å². The molecular weight excluding hydrogens is 188 g/mol. The topological polar surface area (TPSA) is 34.1 Å². The molecule has 0 heterocycles. The lowest BCUT2D eigenvalue weighted by Crippen LogP contribution is -1.97. The molecule has 0 atom stereocenters. The van der Waals surface area contributed by atoms with Crippen LogP contribution >= 0.6 is 0 Å². The van der Waals surface area contributed by atoms with Gasteiger partial charge in [-0.2, -0.15) is 0 Å². The van der Waals surface area contributed by atoms with Crippen molar-refractivity contribution in [1.29, 1.82) is 0 Å². The number of carbonyl (C=O) groups is 1. The Morgan fingerprint density at radius 3 is 2.40 bits per heavy atom. The molecule has 0 N–H and O–H groups in total. The number of unbranched alkanes of at least 4 members (excludes halogenated alkanes) is 4. The number of ketones is 1. The smallest absolute Gasteiger partial charge is 0.206 e. The zero-order chi connectivity index (χ0) is 11.4. The fraction of sp³-hybridized carbons (Fsp3) is 0.692. The molecule has 0 aromatic rings. The molecule has 15 heavy (non-hydrogen) atoms. The predicted octanol–water partition coefficient (Wildman–Crippen LogP) is 3.36. The van der Waals surface area contributed by atoms with Crippen molar-refractivity contribution in [1.82, 2.24) is 0 Å².